The SMILES string of the molecule is Cc1cccc(-n2nc(CCN)cc2C)c1. The van der Waals surface area contributed by atoms with Crippen molar-refractivity contribution in [2.75, 3.05) is 6.54 Å². The van der Waals surface area contributed by atoms with Crippen molar-refractivity contribution in [3.8, 4) is 5.69 Å². The summed E-state index contributed by atoms with van der Waals surface area (Å²) in [5.74, 6) is 0. The summed E-state index contributed by atoms with van der Waals surface area (Å²) in [7, 11) is 0. The van der Waals surface area contributed by atoms with Gasteiger partial charge in [0, 0.05) is 12.1 Å². The second-order valence-corrected chi connectivity index (χ2v) is 4.07. The summed E-state index contributed by atoms with van der Waals surface area (Å²) in [4.78, 5) is 0. The standard InChI is InChI=1S/C13H17N3/c1-10-4-3-5-13(8-10)16-11(2)9-12(15-16)6-7-14/h3-5,8-9H,6-7,14H2,1-2H3. The maximum atomic E-state index is 5.53. The van der Waals surface area contributed by atoms with E-state index in [-0.39, 0.29) is 0 Å². The van der Waals surface area contributed by atoms with Crippen molar-refractivity contribution in [2.45, 2.75) is 20.3 Å². The predicted octanol–water partition coefficient (Wildman–Crippen LogP) is 1.99. The van der Waals surface area contributed by atoms with Crippen LogP contribution in [0, 0.1) is 13.8 Å². The van der Waals surface area contributed by atoms with Gasteiger partial charge in [-0.1, -0.05) is 12.1 Å². The van der Waals surface area contributed by atoms with Gasteiger partial charge in [0.1, 0.15) is 0 Å². The average molecular weight is 215 g/mol. The van der Waals surface area contributed by atoms with Crippen LogP contribution in [0.1, 0.15) is 17.0 Å². The molecule has 0 aliphatic rings. The Morgan fingerprint density at radius 3 is 2.75 bits per heavy atom. The Morgan fingerprint density at radius 2 is 2.06 bits per heavy atom. The van der Waals surface area contributed by atoms with E-state index in [0.717, 1.165) is 23.5 Å². The van der Waals surface area contributed by atoms with Crippen LogP contribution < -0.4 is 5.73 Å². The van der Waals surface area contributed by atoms with Gasteiger partial charge in [0.25, 0.3) is 0 Å². The average Bonchev–Trinajstić information content (AvgIpc) is 2.60. The van der Waals surface area contributed by atoms with E-state index in [2.05, 4.69) is 43.2 Å². The minimum atomic E-state index is 0.643. The number of nitrogens with two attached hydrogens (primary N) is 1. The highest BCUT2D eigenvalue weighted by Gasteiger charge is 2.05. The van der Waals surface area contributed by atoms with Gasteiger partial charge in [0.05, 0.1) is 11.4 Å². The molecule has 0 amide bonds. The van der Waals surface area contributed by atoms with Crippen LogP contribution in [0.3, 0.4) is 0 Å². The highest BCUT2D eigenvalue weighted by molar-refractivity contribution is 5.36. The number of rotatable bonds is 3. The number of benzene rings is 1. The molecule has 16 heavy (non-hydrogen) atoms. The summed E-state index contributed by atoms with van der Waals surface area (Å²) < 4.78 is 1.97. The van der Waals surface area contributed by atoms with Gasteiger partial charge in [-0.2, -0.15) is 5.10 Å². The van der Waals surface area contributed by atoms with E-state index in [1.165, 1.54) is 5.56 Å². The van der Waals surface area contributed by atoms with Crippen LogP contribution in [0.2, 0.25) is 0 Å². The van der Waals surface area contributed by atoms with Crippen LogP contribution >= 0.6 is 0 Å². The number of aryl methyl sites for hydroxylation is 2. The molecule has 3 nitrogen and oxygen atoms in total. The molecule has 0 aliphatic heterocycles. The third-order valence-electron chi connectivity index (χ3n) is 2.58. The van der Waals surface area contributed by atoms with Gasteiger partial charge >= 0.3 is 0 Å². The van der Waals surface area contributed by atoms with Crippen LogP contribution in [0.25, 0.3) is 5.69 Å². The van der Waals surface area contributed by atoms with E-state index in [1.54, 1.807) is 0 Å². The first-order valence-corrected chi connectivity index (χ1v) is 5.53. The minimum Gasteiger partial charge on any atom is -0.330 e. The molecule has 1 heterocycles. The van der Waals surface area contributed by atoms with Gasteiger partial charge in [-0.3, -0.25) is 0 Å². The Balaban J connectivity index is 2.40. The van der Waals surface area contributed by atoms with Crippen molar-refractivity contribution < 1.29 is 0 Å². The molecule has 2 N–H and O–H groups in total. The Kier molecular flexibility index (Phi) is 3.06. The molecule has 0 saturated heterocycles. The molecule has 0 bridgehead atoms. The first-order chi connectivity index (χ1) is 7.70. The van der Waals surface area contributed by atoms with Crippen molar-refractivity contribution in [1.29, 1.82) is 0 Å². The lowest BCUT2D eigenvalue weighted by Gasteiger charge is -2.04. The lowest BCUT2D eigenvalue weighted by atomic mass is 10.2. The molecular formula is C13H17N3. The van der Waals surface area contributed by atoms with Crippen LogP contribution in [-0.2, 0) is 6.42 Å². The normalized spacial score (nSPS) is 10.7. The largest absolute Gasteiger partial charge is 0.330 e. The number of hydrogen-bond acceptors (Lipinski definition) is 2. The first-order valence-electron chi connectivity index (χ1n) is 5.53. The van der Waals surface area contributed by atoms with Gasteiger partial charge < -0.3 is 5.73 Å². The van der Waals surface area contributed by atoms with Gasteiger partial charge in [0.2, 0.25) is 0 Å². The molecule has 0 unspecified atom stereocenters. The highest BCUT2D eigenvalue weighted by atomic mass is 15.3. The molecule has 2 rings (SSSR count). The Hall–Kier alpha value is -1.61. The fourth-order valence-electron chi connectivity index (χ4n) is 1.83. The molecule has 0 fully saturated rings. The molecule has 0 spiro atoms. The Morgan fingerprint density at radius 1 is 1.25 bits per heavy atom. The quantitative estimate of drug-likeness (QED) is 0.851. The topological polar surface area (TPSA) is 43.8 Å². The molecule has 0 radical (unpaired) electrons. The van der Waals surface area contributed by atoms with Crippen molar-refractivity contribution in [3.63, 3.8) is 0 Å². The smallest absolute Gasteiger partial charge is 0.0651 e. The summed E-state index contributed by atoms with van der Waals surface area (Å²) in [5.41, 5.74) is 10.1. The maximum Gasteiger partial charge on any atom is 0.0651 e. The molecule has 2 aromatic rings. The van der Waals surface area contributed by atoms with E-state index in [1.807, 2.05) is 10.7 Å². The highest BCUT2D eigenvalue weighted by Crippen LogP contribution is 2.13. The van der Waals surface area contributed by atoms with Crippen LogP contribution in [0.4, 0.5) is 0 Å². The fourth-order valence-corrected chi connectivity index (χ4v) is 1.83. The van der Waals surface area contributed by atoms with Crippen LogP contribution in [0.5, 0.6) is 0 Å². The zero-order chi connectivity index (χ0) is 11.5. The summed E-state index contributed by atoms with van der Waals surface area (Å²) in [5, 5.41) is 4.55. The summed E-state index contributed by atoms with van der Waals surface area (Å²) in [6, 6.07) is 10.4. The molecule has 84 valence electrons. The second kappa shape index (κ2) is 4.49. The Bertz CT molecular complexity index is 486. The fraction of sp³-hybridized carbons (Fsp3) is 0.308. The van der Waals surface area contributed by atoms with E-state index >= 15 is 0 Å². The summed E-state index contributed by atoms with van der Waals surface area (Å²) in [6.07, 6.45) is 0.833. The monoisotopic (exact) mass is 215 g/mol. The molecule has 0 saturated carbocycles. The number of aromatic nitrogens is 2. The van der Waals surface area contributed by atoms with E-state index in [4.69, 9.17) is 5.73 Å². The summed E-state index contributed by atoms with van der Waals surface area (Å²) >= 11 is 0. The maximum absolute atomic E-state index is 5.53. The number of nitrogens with zero attached hydrogens (tertiary/aromatic N) is 2. The van der Waals surface area contributed by atoms with Crippen LogP contribution in [0.15, 0.2) is 30.3 Å². The molecule has 0 aliphatic carbocycles. The first kappa shape index (κ1) is 10.9. The third-order valence-corrected chi connectivity index (χ3v) is 2.58. The van der Waals surface area contributed by atoms with Gasteiger partial charge in [-0.05, 0) is 44.2 Å². The van der Waals surface area contributed by atoms with E-state index in [0.29, 0.717) is 6.54 Å². The molecule has 1 aromatic carbocycles. The third kappa shape index (κ3) is 2.14. The van der Waals surface area contributed by atoms with E-state index in [9.17, 15) is 0 Å². The van der Waals surface area contributed by atoms with Crippen molar-refractivity contribution in [3.05, 3.63) is 47.3 Å². The van der Waals surface area contributed by atoms with E-state index < -0.39 is 0 Å². The zero-order valence-corrected chi connectivity index (χ0v) is 9.77. The van der Waals surface area contributed by atoms with Gasteiger partial charge in [-0.25, -0.2) is 4.68 Å². The molecule has 1 aromatic heterocycles. The number of hydrogen-bond donors (Lipinski definition) is 1. The van der Waals surface area contributed by atoms with Gasteiger partial charge in [0.15, 0.2) is 0 Å². The summed E-state index contributed by atoms with van der Waals surface area (Å²) in [6.45, 7) is 4.79. The molecular weight excluding hydrogens is 198 g/mol. The van der Waals surface area contributed by atoms with Crippen LogP contribution in [-0.4, -0.2) is 16.3 Å². The molecule has 0 atom stereocenters. The van der Waals surface area contributed by atoms with Crippen molar-refractivity contribution in [2.24, 2.45) is 5.73 Å². The lowest BCUT2D eigenvalue weighted by Crippen LogP contribution is -2.04. The zero-order valence-electron chi connectivity index (χ0n) is 9.77. The predicted molar refractivity (Wildman–Crippen MR) is 65.8 cm³/mol. The van der Waals surface area contributed by atoms with Crippen molar-refractivity contribution in [1.82, 2.24) is 9.78 Å². The minimum absolute atomic E-state index is 0.643. The molecule has 3 heteroatoms. The van der Waals surface area contributed by atoms with Crippen molar-refractivity contribution >= 4 is 0 Å². The Labute approximate surface area is 95.9 Å². The second-order valence-electron chi connectivity index (χ2n) is 4.07. The lowest BCUT2D eigenvalue weighted by molar-refractivity contribution is 0.803. The van der Waals surface area contributed by atoms with Gasteiger partial charge in [-0.15, -0.1) is 0 Å².